The van der Waals surface area contributed by atoms with Crippen molar-refractivity contribution in [2.45, 2.75) is 19.4 Å². The topological polar surface area (TPSA) is 51.0 Å². The van der Waals surface area contributed by atoms with Crippen molar-refractivity contribution in [2.75, 3.05) is 13.1 Å². The summed E-state index contributed by atoms with van der Waals surface area (Å²) >= 11 is 0. The number of carbonyl (C=O) groups is 1. The zero-order valence-corrected chi connectivity index (χ0v) is 14.7. The Hall–Kier alpha value is -2.95. The summed E-state index contributed by atoms with van der Waals surface area (Å²) in [5.41, 5.74) is 1.86. The number of carbonyl (C=O) groups excluding carboxylic acids is 1. The van der Waals surface area contributed by atoms with E-state index in [1.807, 2.05) is 29.3 Å². The van der Waals surface area contributed by atoms with Gasteiger partial charge in [-0.05, 0) is 30.9 Å². The number of hydrogen-bond donors (Lipinski definition) is 0. The van der Waals surface area contributed by atoms with E-state index in [-0.39, 0.29) is 5.91 Å². The molecule has 0 N–H and O–H groups in total. The van der Waals surface area contributed by atoms with Crippen LogP contribution in [0.2, 0.25) is 0 Å². The fourth-order valence-electron chi connectivity index (χ4n) is 3.58. The van der Waals surface area contributed by atoms with Gasteiger partial charge in [-0.3, -0.25) is 9.78 Å². The number of hydrogen-bond acceptors (Lipinski definition) is 3. The molecule has 2 aromatic heterocycles. The van der Waals surface area contributed by atoms with Gasteiger partial charge in [-0.25, -0.2) is 4.98 Å². The highest BCUT2D eigenvalue weighted by atomic mass is 16.2. The summed E-state index contributed by atoms with van der Waals surface area (Å²) in [5.74, 6) is 1.69. The Balaban J connectivity index is 1.38. The molecular formula is C21H22N4O. The lowest BCUT2D eigenvalue weighted by atomic mass is 9.96. The van der Waals surface area contributed by atoms with Crippen molar-refractivity contribution in [3.63, 3.8) is 0 Å². The Morgan fingerprint density at radius 3 is 2.46 bits per heavy atom. The van der Waals surface area contributed by atoms with Crippen molar-refractivity contribution >= 4 is 5.91 Å². The highest BCUT2D eigenvalue weighted by molar-refractivity contribution is 5.94. The molecular weight excluding hydrogens is 324 g/mol. The van der Waals surface area contributed by atoms with Gasteiger partial charge in [-0.15, -0.1) is 0 Å². The van der Waals surface area contributed by atoms with Gasteiger partial charge in [0.25, 0.3) is 5.91 Å². The average molecular weight is 346 g/mol. The van der Waals surface area contributed by atoms with Crippen molar-refractivity contribution in [1.82, 2.24) is 19.4 Å². The van der Waals surface area contributed by atoms with Gasteiger partial charge in [-0.1, -0.05) is 30.3 Å². The summed E-state index contributed by atoms with van der Waals surface area (Å²) in [6, 6.07) is 13.9. The third kappa shape index (κ3) is 3.52. The van der Waals surface area contributed by atoms with E-state index in [9.17, 15) is 4.79 Å². The molecule has 4 rings (SSSR count). The lowest BCUT2D eigenvalue weighted by Gasteiger charge is -2.32. The van der Waals surface area contributed by atoms with Crippen molar-refractivity contribution in [1.29, 1.82) is 0 Å². The number of imidazole rings is 1. The summed E-state index contributed by atoms with van der Waals surface area (Å²) in [5, 5.41) is 0. The first kappa shape index (κ1) is 16.5. The molecule has 0 bridgehead atoms. The SMILES string of the molecule is O=C(c1ccncc1)N1CCC(Cn2ccnc2-c2ccccc2)CC1. The lowest BCUT2D eigenvalue weighted by Crippen LogP contribution is -2.39. The molecule has 0 radical (unpaired) electrons. The second kappa shape index (κ2) is 7.52. The number of aromatic nitrogens is 3. The van der Waals surface area contributed by atoms with Gasteiger partial charge in [0.2, 0.25) is 0 Å². The maximum absolute atomic E-state index is 12.5. The van der Waals surface area contributed by atoms with Crippen LogP contribution in [0.5, 0.6) is 0 Å². The van der Waals surface area contributed by atoms with Gasteiger partial charge in [0, 0.05) is 55.5 Å². The fraction of sp³-hybridized carbons (Fsp3) is 0.286. The van der Waals surface area contributed by atoms with Crippen LogP contribution in [0.25, 0.3) is 11.4 Å². The smallest absolute Gasteiger partial charge is 0.253 e. The standard InChI is InChI=1S/C21H22N4O/c26-21(19-6-10-22-11-7-19)24-13-8-17(9-14-24)16-25-15-12-23-20(25)18-4-2-1-3-5-18/h1-7,10-12,15,17H,8-9,13-14,16H2. The van der Waals surface area contributed by atoms with Crippen LogP contribution in [0.15, 0.2) is 67.3 Å². The van der Waals surface area contributed by atoms with Crippen LogP contribution in [0.3, 0.4) is 0 Å². The molecule has 3 heterocycles. The first-order valence-electron chi connectivity index (χ1n) is 9.07. The number of likely N-dealkylation sites (tertiary alicyclic amines) is 1. The van der Waals surface area contributed by atoms with Crippen LogP contribution in [-0.4, -0.2) is 38.4 Å². The zero-order chi connectivity index (χ0) is 17.8. The molecule has 1 saturated heterocycles. The highest BCUT2D eigenvalue weighted by Gasteiger charge is 2.24. The van der Waals surface area contributed by atoms with E-state index < -0.39 is 0 Å². The Bertz CT molecular complexity index is 852. The fourth-order valence-corrected chi connectivity index (χ4v) is 3.58. The molecule has 1 fully saturated rings. The minimum absolute atomic E-state index is 0.110. The number of amides is 1. The van der Waals surface area contributed by atoms with E-state index in [1.165, 1.54) is 0 Å². The maximum atomic E-state index is 12.5. The minimum atomic E-state index is 0.110. The van der Waals surface area contributed by atoms with Gasteiger partial charge in [0.1, 0.15) is 5.82 Å². The number of rotatable bonds is 4. The van der Waals surface area contributed by atoms with Gasteiger partial charge in [-0.2, -0.15) is 0 Å². The molecule has 0 spiro atoms. The molecule has 0 unspecified atom stereocenters. The lowest BCUT2D eigenvalue weighted by molar-refractivity contribution is 0.0683. The molecule has 26 heavy (non-hydrogen) atoms. The zero-order valence-electron chi connectivity index (χ0n) is 14.7. The predicted molar refractivity (Wildman–Crippen MR) is 101 cm³/mol. The molecule has 0 saturated carbocycles. The molecule has 3 aromatic rings. The molecule has 1 aliphatic heterocycles. The summed E-state index contributed by atoms with van der Waals surface area (Å²) in [6.45, 7) is 2.56. The summed E-state index contributed by atoms with van der Waals surface area (Å²) in [7, 11) is 0. The summed E-state index contributed by atoms with van der Waals surface area (Å²) in [6.07, 6.45) is 9.29. The van der Waals surface area contributed by atoms with Crippen molar-refractivity contribution in [3.8, 4) is 11.4 Å². The third-order valence-electron chi connectivity index (χ3n) is 5.03. The molecule has 132 valence electrons. The first-order chi connectivity index (χ1) is 12.8. The van der Waals surface area contributed by atoms with Crippen LogP contribution in [0.4, 0.5) is 0 Å². The van der Waals surface area contributed by atoms with Gasteiger partial charge in [0.15, 0.2) is 0 Å². The Morgan fingerprint density at radius 2 is 1.73 bits per heavy atom. The Kier molecular flexibility index (Phi) is 4.78. The number of nitrogens with zero attached hydrogens (tertiary/aromatic N) is 4. The van der Waals surface area contributed by atoms with E-state index in [2.05, 4.69) is 32.9 Å². The Morgan fingerprint density at radius 1 is 1.00 bits per heavy atom. The van der Waals surface area contributed by atoms with Gasteiger partial charge in [0.05, 0.1) is 0 Å². The quantitative estimate of drug-likeness (QED) is 0.726. The molecule has 0 atom stereocenters. The van der Waals surface area contributed by atoms with Crippen molar-refractivity contribution in [3.05, 3.63) is 72.8 Å². The largest absolute Gasteiger partial charge is 0.339 e. The summed E-state index contributed by atoms with van der Waals surface area (Å²) in [4.78, 5) is 23.0. The van der Waals surface area contributed by atoms with Crippen LogP contribution < -0.4 is 0 Å². The van der Waals surface area contributed by atoms with Crippen LogP contribution in [-0.2, 0) is 6.54 Å². The van der Waals surface area contributed by atoms with Gasteiger partial charge < -0.3 is 9.47 Å². The predicted octanol–water partition coefficient (Wildman–Crippen LogP) is 3.50. The van der Waals surface area contributed by atoms with Crippen LogP contribution in [0, 0.1) is 5.92 Å². The molecule has 1 aromatic carbocycles. The second-order valence-electron chi connectivity index (χ2n) is 6.74. The van der Waals surface area contributed by atoms with Crippen LogP contribution >= 0.6 is 0 Å². The minimum Gasteiger partial charge on any atom is -0.339 e. The average Bonchev–Trinajstić information content (AvgIpc) is 3.17. The van der Waals surface area contributed by atoms with E-state index in [0.717, 1.165) is 49.4 Å². The van der Waals surface area contributed by atoms with Crippen LogP contribution in [0.1, 0.15) is 23.2 Å². The van der Waals surface area contributed by atoms with E-state index in [0.29, 0.717) is 5.92 Å². The molecule has 5 heteroatoms. The van der Waals surface area contributed by atoms with Crippen molar-refractivity contribution in [2.24, 2.45) is 5.92 Å². The normalized spacial score (nSPS) is 15.2. The molecule has 0 aliphatic carbocycles. The number of piperidine rings is 1. The summed E-state index contributed by atoms with van der Waals surface area (Å²) < 4.78 is 2.24. The van der Waals surface area contributed by atoms with E-state index >= 15 is 0 Å². The second-order valence-corrected chi connectivity index (χ2v) is 6.74. The van der Waals surface area contributed by atoms with Crippen molar-refractivity contribution < 1.29 is 4.79 Å². The molecule has 5 nitrogen and oxygen atoms in total. The monoisotopic (exact) mass is 346 g/mol. The third-order valence-corrected chi connectivity index (χ3v) is 5.03. The molecule has 1 aliphatic rings. The Labute approximate surface area is 153 Å². The van der Waals surface area contributed by atoms with E-state index in [1.54, 1.807) is 24.5 Å². The number of benzene rings is 1. The highest BCUT2D eigenvalue weighted by Crippen LogP contribution is 2.24. The first-order valence-corrected chi connectivity index (χ1v) is 9.07. The maximum Gasteiger partial charge on any atom is 0.253 e. The van der Waals surface area contributed by atoms with Gasteiger partial charge >= 0.3 is 0 Å². The van der Waals surface area contributed by atoms with E-state index in [4.69, 9.17) is 0 Å². The molecule has 1 amide bonds. The number of pyridine rings is 1.